The molecule has 144 valence electrons. The minimum atomic E-state index is -2.68. The fourth-order valence-corrected chi connectivity index (χ4v) is 4.10. The maximum absolute atomic E-state index is 13.7. The number of alkyl halides is 2. The van der Waals surface area contributed by atoms with Crippen molar-refractivity contribution in [2.45, 2.75) is 30.8 Å². The monoisotopic (exact) mass is 419 g/mol. The third kappa shape index (κ3) is 3.38. The maximum Gasteiger partial charge on any atom is 0.320 e. The topological polar surface area (TPSA) is 48.5 Å². The molecule has 0 aliphatic rings. The van der Waals surface area contributed by atoms with Crippen molar-refractivity contribution in [2.24, 2.45) is 0 Å². The van der Waals surface area contributed by atoms with E-state index in [0.717, 1.165) is 15.8 Å². The molecule has 1 atom stereocenters. The van der Waals surface area contributed by atoms with Gasteiger partial charge in [0.25, 0.3) is 0 Å². The van der Waals surface area contributed by atoms with Crippen LogP contribution in [0.25, 0.3) is 16.7 Å². The predicted octanol–water partition coefficient (Wildman–Crippen LogP) is 5.83. The lowest BCUT2D eigenvalue weighted by atomic mass is 10.2. The fourth-order valence-electron chi connectivity index (χ4n) is 2.98. The third-order valence-corrected chi connectivity index (χ3v) is 5.87. The van der Waals surface area contributed by atoms with Gasteiger partial charge in [0.1, 0.15) is 12.2 Å². The Labute approximate surface area is 169 Å². The lowest BCUT2D eigenvalue weighted by Crippen LogP contribution is -2.07. The summed E-state index contributed by atoms with van der Waals surface area (Å²) >= 11 is 7.54. The number of imidazole rings is 1. The van der Waals surface area contributed by atoms with Gasteiger partial charge in [-0.15, -0.1) is 10.2 Å². The lowest BCUT2D eigenvalue weighted by Gasteiger charge is -2.14. The molecule has 28 heavy (non-hydrogen) atoms. The van der Waals surface area contributed by atoms with E-state index in [0.29, 0.717) is 21.2 Å². The zero-order valence-electron chi connectivity index (χ0n) is 15.1. The predicted molar refractivity (Wildman–Crippen MR) is 106 cm³/mol. The molecule has 2 aromatic heterocycles. The molecule has 0 saturated carbocycles. The van der Waals surface area contributed by atoms with E-state index >= 15 is 0 Å². The smallest absolute Gasteiger partial charge is 0.277 e. The highest BCUT2D eigenvalue weighted by molar-refractivity contribution is 7.99. The van der Waals surface area contributed by atoms with Crippen LogP contribution in [0.3, 0.4) is 0 Å². The Kier molecular flexibility index (Phi) is 5.07. The van der Waals surface area contributed by atoms with Gasteiger partial charge in [-0.05, 0) is 43.7 Å². The zero-order chi connectivity index (χ0) is 19.8. The second kappa shape index (κ2) is 7.52. The van der Waals surface area contributed by atoms with E-state index in [-0.39, 0.29) is 11.1 Å². The summed E-state index contributed by atoms with van der Waals surface area (Å²) in [6.45, 7) is 1.07. The van der Waals surface area contributed by atoms with Gasteiger partial charge in [-0.25, -0.2) is 4.98 Å². The number of hydrogen-bond acceptors (Lipinski definition) is 4. The van der Waals surface area contributed by atoms with Crippen molar-refractivity contribution in [1.82, 2.24) is 24.3 Å². The third-order valence-electron chi connectivity index (χ3n) is 4.41. The summed E-state index contributed by atoms with van der Waals surface area (Å²) in [4.78, 5) is 4.43. The Morgan fingerprint density at radius 1 is 1.14 bits per heavy atom. The number of aromatic nitrogens is 5. The van der Waals surface area contributed by atoms with E-state index in [2.05, 4.69) is 15.2 Å². The van der Waals surface area contributed by atoms with E-state index in [4.69, 9.17) is 11.6 Å². The highest BCUT2D eigenvalue weighted by atomic mass is 35.5. The molecule has 4 rings (SSSR count). The van der Waals surface area contributed by atoms with Gasteiger partial charge in [-0.2, -0.15) is 8.78 Å². The van der Waals surface area contributed by atoms with Crippen molar-refractivity contribution in [3.8, 4) is 5.69 Å². The van der Waals surface area contributed by atoms with Crippen LogP contribution in [0.1, 0.15) is 30.1 Å². The van der Waals surface area contributed by atoms with E-state index in [9.17, 15) is 8.78 Å². The SMILES string of the molecule is Cc1ccc(-n2cnnc2S[C@H](C)c2nc3ccccc3n2C(F)F)cc1Cl. The largest absolute Gasteiger partial charge is 0.320 e. The molecule has 0 unspecified atom stereocenters. The fraction of sp³-hybridized carbons (Fsp3) is 0.211. The second-order valence-electron chi connectivity index (χ2n) is 6.28. The molecule has 0 spiro atoms. The average Bonchev–Trinajstić information content (AvgIpc) is 3.28. The minimum absolute atomic E-state index is 0.290. The van der Waals surface area contributed by atoms with Gasteiger partial charge in [0.2, 0.25) is 0 Å². The van der Waals surface area contributed by atoms with E-state index in [1.165, 1.54) is 11.8 Å². The molecule has 9 heteroatoms. The normalized spacial score (nSPS) is 12.8. The van der Waals surface area contributed by atoms with E-state index in [1.807, 2.05) is 32.0 Å². The molecule has 5 nitrogen and oxygen atoms in total. The average molecular weight is 420 g/mol. The van der Waals surface area contributed by atoms with Crippen LogP contribution in [0.15, 0.2) is 53.9 Å². The van der Waals surface area contributed by atoms with Crippen LogP contribution in [0.2, 0.25) is 5.02 Å². The summed E-state index contributed by atoms with van der Waals surface area (Å²) in [5.41, 5.74) is 2.72. The van der Waals surface area contributed by atoms with Crippen molar-refractivity contribution in [2.75, 3.05) is 0 Å². The number of hydrogen-bond donors (Lipinski definition) is 0. The Bertz CT molecular complexity index is 1140. The molecular weight excluding hydrogens is 404 g/mol. The Hall–Kier alpha value is -2.45. The standard InChI is InChI=1S/C19H16ClF2N5S/c1-11-7-8-13(9-14(11)20)26-10-23-25-19(26)28-12(2)17-24-15-5-3-4-6-16(15)27(17)18(21)22/h3-10,12,18H,1-2H3/t12-/m1/s1. The summed E-state index contributed by atoms with van der Waals surface area (Å²) in [6.07, 6.45) is 1.58. The number of para-hydroxylation sites is 2. The molecule has 2 heterocycles. The number of aryl methyl sites for hydroxylation is 1. The number of fused-ring (bicyclic) bond motifs is 1. The number of thioether (sulfide) groups is 1. The van der Waals surface area contributed by atoms with Gasteiger partial charge in [0.15, 0.2) is 5.16 Å². The first-order valence-electron chi connectivity index (χ1n) is 8.54. The molecule has 0 radical (unpaired) electrons. The first-order valence-corrected chi connectivity index (χ1v) is 9.79. The van der Waals surface area contributed by atoms with Crippen LogP contribution in [0.5, 0.6) is 0 Å². The first kappa shape index (κ1) is 18.9. The van der Waals surface area contributed by atoms with Crippen LogP contribution < -0.4 is 0 Å². The Balaban J connectivity index is 1.70. The minimum Gasteiger partial charge on any atom is -0.277 e. The maximum atomic E-state index is 13.7. The van der Waals surface area contributed by atoms with Gasteiger partial charge >= 0.3 is 6.55 Å². The summed E-state index contributed by atoms with van der Waals surface area (Å²) in [5.74, 6) is 0.290. The molecule has 0 aliphatic heterocycles. The van der Waals surface area contributed by atoms with Gasteiger partial charge < -0.3 is 0 Å². The van der Waals surface area contributed by atoms with Gasteiger partial charge in [-0.1, -0.05) is 41.6 Å². The summed E-state index contributed by atoms with van der Waals surface area (Å²) in [6, 6.07) is 12.5. The van der Waals surface area contributed by atoms with Crippen LogP contribution in [-0.4, -0.2) is 24.3 Å². The second-order valence-corrected chi connectivity index (χ2v) is 8.00. The van der Waals surface area contributed by atoms with Crippen molar-refractivity contribution in [1.29, 1.82) is 0 Å². The summed E-state index contributed by atoms with van der Waals surface area (Å²) in [5, 5.41) is 8.95. The van der Waals surface area contributed by atoms with E-state index < -0.39 is 6.55 Å². The van der Waals surface area contributed by atoms with Crippen molar-refractivity contribution in [3.05, 3.63) is 65.2 Å². The van der Waals surface area contributed by atoms with Crippen molar-refractivity contribution >= 4 is 34.4 Å². The van der Waals surface area contributed by atoms with Gasteiger partial charge in [0.05, 0.1) is 22.0 Å². The van der Waals surface area contributed by atoms with Crippen molar-refractivity contribution < 1.29 is 8.78 Å². The van der Waals surface area contributed by atoms with Crippen LogP contribution >= 0.6 is 23.4 Å². The molecule has 0 saturated heterocycles. The first-order chi connectivity index (χ1) is 13.5. The quantitative estimate of drug-likeness (QED) is 0.382. The molecule has 0 aliphatic carbocycles. The molecule has 2 aromatic carbocycles. The Morgan fingerprint density at radius 3 is 2.68 bits per heavy atom. The lowest BCUT2D eigenvalue weighted by molar-refractivity contribution is 0.0715. The molecular formula is C19H16ClF2N5S. The highest BCUT2D eigenvalue weighted by Crippen LogP contribution is 2.37. The van der Waals surface area contributed by atoms with Crippen molar-refractivity contribution in [3.63, 3.8) is 0 Å². The van der Waals surface area contributed by atoms with Gasteiger partial charge in [0, 0.05) is 5.02 Å². The molecule has 0 fully saturated rings. The number of rotatable bonds is 5. The zero-order valence-corrected chi connectivity index (χ0v) is 16.6. The number of halogens is 3. The van der Waals surface area contributed by atoms with Crippen LogP contribution in [0, 0.1) is 6.92 Å². The highest BCUT2D eigenvalue weighted by Gasteiger charge is 2.24. The number of nitrogens with zero attached hydrogens (tertiary/aromatic N) is 5. The summed E-state index contributed by atoms with van der Waals surface area (Å²) < 4.78 is 30.2. The Morgan fingerprint density at radius 2 is 1.93 bits per heavy atom. The van der Waals surface area contributed by atoms with Crippen LogP contribution in [-0.2, 0) is 0 Å². The molecule has 0 N–H and O–H groups in total. The number of benzene rings is 2. The molecule has 0 amide bonds. The van der Waals surface area contributed by atoms with Gasteiger partial charge in [-0.3, -0.25) is 9.13 Å². The van der Waals surface area contributed by atoms with Crippen LogP contribution in [0.4, 0.5) is 8.78 Å². The molecule has 4 aromatic rings. The van der Waals surface area contributed by atoms with E-state index in [1.54, 1.807) is 35.2 Å². The summed E-state index contributed by atoms with van der Waals surface area (Å²) in [7, 11) is 0. The molecule has 0 bridgehead atoms.